The number of rotatable bonds is 4. The molecule has 26 heavy (non-hydrogen) atoms. The third kappa shape index (κ3) is 4.11. The van der Waals surface area contributed by atoms with E-state index in [0.717, 1.165) is 17.2 Å². The molecule has 3 rings (SSSR count). The number of piperazine rings is 1. The molecular formula is C19H21FN2O3S. The van der Waals surface area contributed by atoms with E-state index < -0.39 is 15.8 Å². The second-order valence-corrected chi connectivity index (χ2v) is 8.34. The first-order chi connectivity index (χ1) is 12.4. The zero-order valence-electron chi connectivity index (χ0n) is 14.6. The zero-order chi connectivity index (χ0) is 18.7. The van der Waals surface area contributed by atoms with Gasteiger partial charge in [0.05, 0.1) is 11.3 Å². The maximum atomic E-state index is 13.3. The Hall–Kier alpha value is -2.25. The molecule has 1 aliphatic rings. The topological polar surface area (TPSA) is 57.7 Å². The van der Waals surface area contributed by atoms with Gasteiger partial charge in [0.25, 0.3) is 0 Å². The number of carbonyl (C=O) groups excluding carboxylic acids is 1. The van der Waals surface area contributed by atoms with Crippen molar-refractivity contribution in [1.82, 2.24) is 9.21 Å². The van der Waals surface area contributed by atoms with Crippen LogP contribution in [0.1, 0.15) is 11.1 Å². The number of hydrogen-bond acceptors (Lipinski definition) is 3. The molecule has 2 aromatic rings. The molecule has 0 aliphatic carbocycles. The van der Waals surface area contributed by atoms with E-state index in [1.54, 1.807) is 4.90 Å². The molecule has 0 N–H and O–H groups in total. The second-order valence-electron chi connectivity index (χ2n) is 6.40. The van der Waals surface area contributed by atoms with Gasteiger partial charge in [-0.25, -0.2) is 12.8 Å². The fraction of sp³-hybridized carbons (Fsp3) is 0.316. The Morgan fingerprint density at radius 2 is 1.69 bits per heavy atom. The third-order valence-corrected chi connectivity index (χ3v) is 6.40. The van der Waals surface area contributed by atoms with E-state index in [4.69, 9.17) is 0 Å². The van der Waals surface area contributed by atoms with Crippen molar-refractivity contribution in [2.45, 2.75) is 18.2 Å². The molecule has 0 aromatic heterocycles. The summed E-state index contributed by atoms with van der Waals surface area (Å²) in [7, 11) is -3.74. The van der Waals surface area contributed by atoms with E-state index in [-0.39, 0.29) is 23.9 Å². The van der Waals surface area contributed by atoms with Crippen LogP contribution in [0.3, 0.4) is 0 Å². The lowest BCUT2D eigenvalue weighted by Gasteiger charge is -2.34. The Labute approximate surface area is 153 Å². The van der Waals surface area contributed by atoms with Crippen LogP contribution >= 0.6 is 0 Å². The van der Waals surface area contributed by atoms with Crippen LogP contribution in [0.4, 0.5) is 4.39 Å². The lowest BCUT2D eigenvalue weighted by molar-refractivity contribution is -0.131. The summed E-state index contributed by atoms with van der Waals surface area (Å²) < 4.78 is 39.8. The van der Waals surface area contributed by atoms with Crippen molar-refractivity contribution in [2.24, 2.45) is 0 Å². The second kappa shape index (κ2) is 7.55. The maximum Gasteiger partial charge on any atom is 0.243 e. The summed E-state index contributed by atoms with van der Waals surface area (Å²) in [5.41, 5.74) is 2.08. The molecule has 0 bridgehead atoms. The molecule has 0 radical (unpaired) electrons. The average Bonchev–Trinajstić information content (AvgIpc) is 2.64. The predicted molar refractivity (Wildman–Crippen MR) is 96.6 cm³/mol. The van der Waals surface area contributed by atoms with Gasteiger partial charge in [0.1, 0.15) is 5.82 Å². The first-order valence-corrected chi connectivity index (χ1v) is 9.89. The molecule has 138 valence electrons. The number of nitrogens with zero attached hydrogens (tertiary/aromatic N) is 2. The summed E-state index contributed by atoms with van der Waals surface area (Å²) in [6.07, 6.45) is 0.303. The van der Waals surface area contributed by atoms with Gasteiger partial charge in [0.15, 0.2) is 0 Å². The van der Waals surface area contributed by atoms with Crippen molar-refractivity contribution >= 4 is 15.9 Å². The molecule has 0 atom stereocenters. The lowest BCUT2D eigenvalue weighted by Crippen LogP contribution is -2.50. The summed E-state index contributed by atoms with van der Waals surface area (Å²) in [5, 5.41) is 0. The van der Waals surface area contributed by atoms with Crippen LogP contribution in [0.15, 0.2) is 53.4 Å². The summed E-state index contributed by atoms with van der Waals surface area (Å²) >= 11 is 0. The highest BCUT2D eigenvalue weighted by atomic mass is 32.2. The lowest BCUT2D eigenvalue weighted by atomic mass is 10.1. The van der Waals surface area contributed by atoms with Crippen molar-refractivity contribution in [3.05, 3.63) is 65.5 Å². The van der Waals surface area contributed by atoms with Gasteiger partial charge >= 0.3 is 0 Å². The van der Waals surface area contributed by atoms with E-state index in [1.165, 1.54) is 22.5 Å². The normalized spacial score (nSPS) is 15.8. The Morgan fingerprint density at radius 3 is 2.31 bits per heavy atom. The fourth-order valence-electron chi connectivity index (χ4n) is 2.95. The molecule has 1 amide bonds. The van der Waals surface area contributed by atoms with Crippen molar-refractivity contribution in [2.75, 3.05) is 26.2 Å². The molecule has 0 spiro atoms. The fourth-order valence-corrected chi connectivity index (χ4v) is 4.40. The standard InChI is InChI=1S/C19H21FN2O3S/c1-15-5-7-16(8-6-15)13-19(23)21-9-11-22(12-10-21)26(24,25)18-4-2-3-17(20)14-18/h2-8,14H,9-13H2,1H3. The summed E-state index contributed by atoms with van der Waals surface area (Å²) in [5.74, 6) is -0.602. The van der Waals surface area contributed by atoms with E-state index in [9.17, 15) is 17.6 Å². The van der Waals surface area contributed by atoms with Gasteiger partial charge in [-0.3, -0.25) is 4.79 Å². The van der Waals surface area contributed by atoms with Crippen LogP contribution in [0.25, 0.3) is 0 Å². The van der Waals surface area contributed by atoms with Gasteiger partial charge < -0.3 is 4.90 Å². The van der Waals surface area contributed by atoms with E-state index in [2.05, 4.69) is 0 Å². The number of halogens is 1. The molecule has 5 nitrogen and oxygen atoms in total. The van der Waals surface area contributed by atoms with Gasteiger partial charge in [0, 0.05) is 26.2 Å². The number of hydrogen-bond donors (Lipinski definition) is 0. The Bertz CT molecular complexity index is 889. The highest BCUT2D eigenvalue weighted by Gasteiger charge is 2.30. The molecular weight excluding hydrogens is 355 g/mol. The van der Waals surface area contributed by atoms with Crippen LogP contribution < -0.4 is 0 Å². The van der Waals surface area contributed by atoms with Crippen molar-refractivity contribution < 1.29 is 17.6 Å². The van der Waals surface area contributed by atoms with E-state index in [0.29, 0.717) is 19.5 Å². The number of sulfonamides is 1. The first-order valence-electron chi connectivity index (χ1n) is 8.45. The molecule has 0 saturated carbocycles. The summed E-state index contributed by atoms with van der Waals surface area (Å²) in [4.78, 5) is 14.1. The zero-order valence-corrected chi connectivity index (χ0v) is 15.4. The minimum absolute atomic E-state index is 0.0170. The highest BCUT2D eigenvalue weighted by Crippen LogP contribution is 2.19. The Balaban J connectivity index is 1.61. The Kier molecular flexibility index (Phi) is 5.38. The van der Waals surface area contributed by atoms with Crippen LogP contribution in [0.2, 0.25) is 0 Å². The molecule has 1 saturated heterocycles. The van der Waals surface area contributed by atoms with Crippen molar-refractivity contribution in [3.63, 3.8) is 0 Å². The molecule has 0 unspecified atom stereocenters. The Morgan fingerprint density at radius 1 is 1.04 bits per heavy atom. The number of amides is 1. The minimum atomic E-state index is -3.74. The summed E-state index contributed by atoms with van der Waals surface area (Å²) in [6, 6.07) is 12.8. The SMILES string of the molecule is Cc1ccc(CC(=O)N2CCN(S(=O)(=O)c3cccc(F)c3)CC2)cc1. The van der Waals surface area contributed by atoms with Crippen LogP contribution in [-0.4, -0.2) is 49.7 Å². The van der Waals surface area contributed by atoms with Gasteiger partial charge in [-0.15, -0.1) is 0 Å². The minimum Gasteiger partial charge on any atom is -0.340 e. The van der Waals surface area contributed by atoms with Gasteiger partial charge in [-0.1, -0.05) is 35.9 Å². The monoisotopic (exact) mass is 376 g/mol. The highest BCUT2D eigenvalue weighted by molar-refractivity contribution is 7.89. The van der Waals surface area contributed by atoms with Crippen LogP contribution in [0.5, 0.6) is 0 Å². The predicted octanol–water partition coefficient (Wildman–Crippen LogP) is 2.21. The summed E-state index contributed by atoms with van der Waals surface area (Å²) in [6.45, 7) is 3.07. The molecule has 1 fully saturated rings. The smallest absolute Gasteiger partial charge is 0.243 e. The van der Waals surface area contributed by atoms with Crippen molar-refractivity contribution in [1.29, 1.82) is 0 Å². The third-order valence-electron chi connectivity index (χ3n) is 4.50. The number of carbonyl (C=O) groups is 1. The molecule has 1 heterocycles. The van der Waals surface area contributed by atoms with E-state index in [1.807, 2.05) is 31.2 Å². The number of benzene rings is 2. The van der Waals surface area contributed by atoms with Gasteiger partial charge in [0.2, 0.25) is 15.9 Å². The molecule has 2 aromatic carbocycles. The average molecular weight is 376 g/mol. The van der Waals surface area contributed by atoms with Crippen molar-refractivity contribution in [3.8, 4) is 0 Å². The first kappa shape index (κ1) is 18.5. The van der Waals surface area contributed by atoms with Gasteiger partial charge in [-0.2, -0.15) is 4.31 Å². The molecule has 1 aliphatic heterocycles. The maximum absolute atomic E-state index is 13.3. The van der Waals surface area contributed by atoms with Gasteiger partial charge in [-0.05, 0) is 30.7 Å². The quantitative estimate of drug-likeness (QED) is 0.822. The van der Waals surface area contributed by atoms with E-state index >= 15 is 0 Å². The largest absolute Gasteiger partial charge is 0.340 e. The van der Waals surface area contributed by atoms with Crippen LogP contribution in [0, 0.1) is 12.7 Å². The van der Waals surface area contributed by atoms with Crippen LogP contribution in [-0.2, 0) is 21.2 Å². The number of aryl methyl sites for hydroxylation is 1. The molecule has 7 heteroatoms.